The number of hydrogen-bond donors (Lipinski definition) is 3. The number of primary amides is 1. The van der Waals surface area contributed by atoms with Gasteiger partial charge in [0.25, 0.3) is 0 Å². The number of aromatic nitrogens is 2. The van der Waals surface area contributed by atoms with Gasteiger partial charge in [-0.15, -0.1) is 0 Å². The fourth-order valence-electron chi connectivity index (χ4n) is 1.52. The van der Waals surface area contributed by atoms with E-state index >= 15 is 0 Å². The van der Waals surface area contributed by atoms with Gasteiger partial charge in [0.05, 0.1) is 0 Å². The second-order valence-electron chi connectivity index (χ2n) is 4.52. The lowest BCUT2D eigenvalue weighted by Gasteiger charge is -2.26. The number of rotatable bonds is 6. The summed E-state index contributed by atoms with van der Waals surface area (Å²) in [6.07, 6.45) is 2.25. The van der Waals surface area contributed by atoms with Gasteiger partial charge >= 0.3 is 0 Å². The lowest BCUT2D eigenvalue weighted by molar-refractivity contribution is -0.121. The molecule has 0 spiro atoms. The van der Waals surface area contributed by atoms with Crippen LogP contribution >= 0.6 is 0 Å². The second kappa shape index (κ2) is 5.66. The molecule has 5 N–H and O–H groups in total. The van der Waals surface area contributed by atoms with Crippen LogP contribution in [-0.4, -0.2) is 21.4 Å². The largest absolute Gasteiger partial charge is 0.384 e. The average molecular weight is 251 g/mol. The van der Waals surface area contributed by atoms with Crippen LogP contribution in [0.2, 0.25) is 0 Å². The van der Waals surface area contributed by atoms with Crippen molar-refractivity contribution >= 4 is 17.5 Å². The Hall–Kier alpha value is -1.85. The molecule has 0 saturated heterocycles. The first-order valence-electron chi connectivity index (χ1n) is 6.12. The van der Waals surface area contributed by atoms with Crippen LogP contribution in [0.25, 0.3) is 0 Å². The minimum Gasteiger partial charge on any atom is -0.384 e. The van der Waals surface area contributed by atoms with Crippen molar-refractivity contribution in [2.75, 3.05) is 11.1 Å². The van der Waals surface area contributed by atoms with Gasteiger partial charge in [-0.2, -0.15) is 0 Å². The molecule has 1 aromatic heterocycles. The molecule has 1 heterocycles. The molecule has 0 radical (unpaired) electrons. The topological polar surface area (TPSA) is 107 Å². The van der Waals surface area contributed by atoms with E-state index in [-0.39, 0.29) is 0 Å². The zero-order valence-electron chi connectivity index (χ0n) is 11.2. The number of aryl methyl sites for hydroxylation is 1. The van der Waals surface area contributed by atoms with Crippen LogP contribution in [0, 0.1) is 0 Å². The summed E-state index contributed by atoms with van der Waals surface area (Å²) in [6, 6.07) is 1.61. The highest BCUT2D eigenvalue weighted by molar-refractivity contribution is 5.87. The van der Waals surface area contributed by atoms with Crippen LogP contribution in [0.3, 0.4) is 0 Å². The summed E-state index contributed by atoms with van der Waals surface area (Å²) < 4.78 is 0. The Morgan fingerprint density at radius 2 is 2.11 bits per heavy atom. The van der Waals surface area contributed by atoms with Gasteiger partial charge in [-0.25, -0.2) is 9.97 Å². The van der Waals surface area contributed by atoms with Crippen molar-refractivity contribution in [2.45, 2.75) is 45.6 Å². The van der Waals surface area contributed by atoms with E-state index < -0.39 is 11.4 Å². The molecular formula is C12H21N5O. The second-order valence-corrected chi connectivity index (χ2v) is 4.52. The van der Waals surface area contributed by atoms with Crippen molar-refractivity contribution in [3.8, 4) is 0 Å². The van der Waals surface area contributed by atoms with Gasteiger partial charge in [0.15, 0.2) is 0 Å². The number of nitrogens with zero attached hydrogens (tertiary/aromatic N) is 2. The van der Waals surface area contributed by atoms with Crippen molar-refractivity contribution in [1.29, 1.82) is 0 Å². The molecule has 1 atom stereocenters. The molecule has 1 rings (SSSR count). The highest BCUT2D eigenvalue weighted by Gasteiger charge is 2.29. The van der Waals surface area contributed by atoms with Gasteiger partial charge in [0, 0.05) is 12.5 Å². The van der Waals surface area contributed by atoms with E-state index in [1.165, 1.54) is 0 Å². The zero-order chi connectivity index (χ0) is 13.8. The van der Waals surface area contributed by atoms with E-state index in [1.54, 1.807) is 13.0 Å². The predicted molar refractivity (Wildman–Crippen MR) is 72.0 cm³/mol. The van der Waals surface area contributed by atoms with E-state index in [2.05, 4.69) is 15.3 Å². The Bertz CT molecular complexity index is 434. The number of amides is 1. The van der Waals surface area contributed by atoms with Crippen molar-refractivity contribution in [3.63, 3.8) is 0 Å². The number of carbonyl (C=O) groups is 1. The Labute approximate surface area is 107 Å². The molecule has 0 aliphatic carbocycles. The Morgan fingerprint density at radius 3 is 2.61 bits per heavy atom. The van der Waals surface area contributed by atoms with E-state index in [4.69, 9.17) is 11.5 Å². The number of hydrogen-bond acceptors (Lipinski definition) is 5. The molecule has 0 aromatic carbocycles. The lowest BCUT2D eigenvalue weighted by Crippen LogP contribution is -2.47. The van der Waals surface area contributed by atoms with Crippen LogP contribution in [0.15, 0.2) is 6.07 Å². The highest BCUT2D eigenvalue weighted by Crippen LogP contribution is 2.18. The standard InChI is InChI=1S/C12H21N5O/c1-4-6-9-15-8(13)7-10(16-9)17-12(3,5-2)11(14)18/h7H,4-6H2,1-3H3,(H2,14,18)(H3,13,15,16,17). The van der Waals surface area contributed by atoms with Gasteiger partial charge in [0.2, 0.25) is 5.91 Å². The van der Waals surface area contributed by atoms with Crippen molar-refractivity contribution in [2.24, 2.45) is 5.73 Å². The molecule has 1 aromatic rings. The van der Waals surface area contributed by atoms with E-state index in [1.807, 2.05) is 13.8 Å². The maximum Gasteiger partial charge on any atom is 0.242 e. The minimum absolute atomic E-state index is 0.388. The fourth-order valence-corrected chi connectivity index (χ4v) is 1.52. The van der Waals surface area contributed by atoms with Crippen molar-refractivity contribution in [3.05, 3.63) is 11.9 Å². The molecular weight excluding hydrogens is 230 g/mol. The van der Waals surface area contributed by atoms with Gasteiger partial charge in [-0.1, -0.05) is 13.8 Å². The Balaban J connectivity index is 2.99. The Morgan fingerprint density at radius 1 is 1.44 bits per heavy atom. The fraction of sp³-hybridized carbons (Fsp3) is 0.583. The number of nitrogens with one attached hydrogen (secondary N) is 1. The molecule has 0 aliphatic rings. The first-order chi connectivity index (χ1) is 8.41. The quantitative estimate of drug-likeness (QED) is 0.701. The van der Waals surface area contributed by atoms with Crippen LogP contribution < -0.4 is 16.8 Å². The van der Waals surface area contributed by atoms with Crippen LogP contribution in [-0.2, 0) is 11.2 Å². The molecule has 0 fully saturated rings. The summed E-state index contributed by atoms with van der Waals surface area (Å²) >= 11 is 0. The monoisotopic (exact) mass is 251 g/mol. The summed E-state index contributed by atoms with van der Waals surface area (Å²) in [5, 5.41) is 3.04. The molecule has 100 valence electrons. The SMILES string of the molecule is CCCc1nc(N)cc(NC(C)(CC)C(N)=O)n1. The first-order valence-corrected chi connectivity index (χ1v) is 6.12. The molecule has 6 heteroatoms. The maximum atomic E-state index is 11.4. The van der Waals surface area contributed by atoms with E-state index in [9.17, 15) is 4.79 Å². The minimum atomic E-state index is -0.829. The predicted octanol–water partition coefficient (Wildman–Crippen LogP) is 1.08. The number of anilines is 2. The molecule has 0 saturated carbocycles. The van der Waals surface area contributed by atoms with E-state index in [0.29, 0.717) is 23.9 Å². The molecule has 0 bridgehead atoms. The van der Waals surface area contributed by atoms with Gasteiger partial charge in [-0.05, 0) is 19.8 Å². The smallest absolute Gasteiger partial charge is 0.242 e. The summed E-state index contributed by atoms with van der Waals surface area (Å²) in [4.78, 5) is 19.9. The number of carbonyl (C=O) groups excluding carboxylic acids is 1. The summed E-state index contributed by atoms with van der Waals surface area (Å²) in [6.45, 7) is 5.67. The lowest BCUT2D eigenvalue weighted by atomic mass is 9.98. The van der Waals surface area contributed by atoms with Crippen molar-refractivity contribution < 1.29 is 4.79 Å². The first kappa shape index (κ1) is 14.2. The summed E-state index contributed by atoms with van der Waals surface area (Å²) in [7, 11) is 0. The normalized spacial score (nSPS) is 13.9. The van der Waals surface area contributed by atoms with Crippen LogP contribution in [0.1, 0.15) is 39.4 Å². The third kappa shape index (κ3) is 3.32. The van der Waals surface area contributed by atoms with Crippen LogP contribution in [0.4, 0.5) is 11.6 Å². The third-order valence-electron chi connectivity index (χ3n) is 2.92. The number of nitrogens with two attached hydrogens (primary N) is 2. The third-order valence-corrected chi connectivity index (χ3v) is 2.92. The number of nitrogen functional groups attached to an aromatic ring is 1. The maximum absolute atomic E-state index is 11.4. The van der Waals surface area contributed by atoms with E-state index in [0.717, 1.165) is 12.8 Å². The Kier molecular flexibility index (Phi) is 4.47. The highest BCUT2D eigenvalue weighted by atomic mass is 16.1. The van der Waals surface area contributed by atoms with Crippen molar-refractivity contribution in [1.82, 2.24) is 9.97 Å². The molecule has 0 aliphatic heterocycles. The molecule has 6 nitrogen and oxygen atoms in total. The van der Waals surface area contributed by atoms with Gasteiger partial charge < -0.3 is 16.8 Å². The van der Waals surface area contributed by atoms with Gasteiger partial charge in [-0.3, -0.25) is 4.79 Å². The van der Waals surface area contributed by atoms with Crippen LogP contribution in [0.5, 0.6) is 0 Å². The molecule has 1 amide bonds. The molecule has 1 unspecified atom stereocenters. The summed E-state index contributed by atoms with van der Waals surface area (Å²) in [5.41, 5.74) is 10.3. The zero-order valence-corrected chi connectivity index (χ0v) is 11.2. The average Bonchev–Trinajstić information content (AvgIpc) is 2.28. The van der Waals surface area contributed by atoms with Gasteiger partial charge in [0.1, 0.15) is 23.0 Å². The summed E-state index contributed by atoms with van der Waals surface area (Å²) in [5.74, 6) is 1.18. The molecule has 18 heavy (non-hydrogen) atoms.